The molecule has 1 aromatic heterocycles. The number of para-hydroxylation sites is 2. The Balaban J connectivity index is 2.63. The molecule has 0 fully saturated rings. The molecular weight excluding hydrogens is 188 g/mol. The van der Waals surface area contributed by atoms with E-state index < -0.39 is 0 Å². The maximum absolute atomic E-state index is 9.69. The Morgan fingerprint density at radius 2 is 1.60 bits per heavy atom. The molecule has 0 saturated heterocycles. The minimum atomic E-state index is 0.253. The molecule has 0 saturated carbocycles. The molecule has 0 aliphatic carbocycles. The van der Waals surface area contributed by atoms with Crippen molar-refractivity contribution < 1.29 is 5.11 Å². The molecule has 15 heavy (non-hydrogen) atoms. The molecule has 3 nitrogen and oxygen atoms in total. The summed E-state index contributed by atoms with van der Waals surface area (Å²) in [5.74, 6) is 0.253. The van der Waals surface area contributed by atoms with Gasteiger partial charge in [0.25, 0.3) is 0 Å². The molecule has 3 aromatic rings. The van der Waals surface area contributed by atoms with Crippen molar-refractivity contribution in [3.05, 3.63) is 36.4 Å². The molecule has 4 N–H and O–H groups in total. The number of phenolic OH excluding ortho intramolecular Hbond substituents is 1. The van der Waals surface area contributed by atoms with Crippen LogP contribution in [-0.2, 0) is 0 Å². The summed E-state index contributed by atoms with van der Waals surface area (Å²) >= 11 is 0. The van der Waals surface area contributed by atoms with Crippen molar-refractivity contribution in [3.63, 3.8) is 0 Å². The van der Waals surface area contributed by atoms with Crippen molar-refractivity contribution in [2.24, 2.45) is 0 Å². The van der Waals surface area contributed by atoms with Crippen molar-refractivity contribution in [2.45, 2.75) is 0 Å². The van der Waals surface area contributed by atoms with Gasteiger partial charge in [0.15, 0.2) is 0 Å². The zero-order valence-electron chi connectivity index (χ0n) is 7.99. The van der Waals surface area contributed by atoms with E-state index in [1.807, 2.05) is 30.3 Å². The van der Waals surface area contributed by atoms with Crippen LogP contribution in [0.4, 0.5) is 5.69 Å². The normalized spacial score (nSPS) is 11.2. The second-order valence-corrected chi connectivity index (χ2v) is 3.59. The van der Waals surface area contributed by atoms with Crippen molar-refractivity contribution in [2.75, 3.05) is 5.73 Å². The third-order valence-corrected chi connectivity index (χ3v) is 2.68. The summed E-state index contributed by atoms with van der Waals surface area (Å²) in [4.78, 5) is 3.14. The van der Waals surface area contributed by atoms with E-state index in [0.717, 1.165) is 21.8 Å². The minimum Gasteiger partial charge on any atom is -0.506 e. The van der Waals surface area contributed by atoms with Gasteiger partial charge in [-0.25, -0.2) is 0 Å². The van der Waals surface area contributed by atoms with Crippen LogP contribution in [0.5, 0.6) is 5.75 Å². The van der Waals surface area contributed by atoms with Gasteiger partial charge >= 0.3 is 0 Å². The fraction of sp³-hybridized carbons (Fsp3) is 0. The molecule has 3 rings (SSSR count). The van der Waals surface area contributed by atoms with Crippen LogP contribution in [0, 0.1) is 0 Å². The zero-order chi connectivity index (χ0) is 10.4. The van der Waals surface area contributed by atoms with Crippen molar-refractivity contribution >= 4 is 27.5 Å². The number of aromatic nitrogens is 1. The fourth-order valence-corrected chi connectivity index (χ4v) is 1.96. The molecule has 74 valence electrons. The second kappa shape index (κ2) is 2.67. The van der Waals surface area contributed by atoms with Gasteiger partial charge in [0.1, 0.15) is 5.75 Å². The van der Waals surface area contributed by atoms with E-state index in [9.17, 15) is 5.11 Å². The molecule has 0 spiro atoms. The number of H-pyrrole nitrogens is 1. The van der Waals surface area contributed by atoms with Crippen LogP contribution in [0.25, 0.3) is 21.8 Å². The summed E-state index contributed by atoms with van der Waals surface area (Å²) in [6.07, 6.45) is 0. The van der Waals surface area contributed by atoms with E-state index >= 15 is 0 Å². The molecule has 2 aromatic carbocycles. The number of fused-ring (bicyclic) bond motifs is 3. The SMILES string of the molecule is Nc1cccc2c1[nH]c1c(O)cccc12. The molecule has 0 aliphatic rings. The number of anilines is 1. The zero-order valence-corrected chi connectivity index (χ0v) is 7.99. The number of benzene rings is 2. The number of hydrogen-bond acceptors (Lipinski definition) is 2. The summed E-state index contributed by atoms with van der Waals surface area (Å²) in [5.41, 5.74) is 8.18. The van der Waals surface area contributed by atoms with Gasteiger partial charge in [-0.05, 0) is 12.1 Å². The van der Waals surface area contributed by atoms with Gasteiger partial charge in [0.2, 0.25) is 0 Å². The number of hydrogen-bond donors (Lipinski definition) is 3. The number of nitrogens with two attached hydrogens (primary N) is 1. The standard InChI is InChI=1S/C12H10N2O/c13-9-5-1-3-7-8-4-2-6-10(15)12(8)14-11(7)9/h1-6,14-15H,13H2. The largest absolute Gasteiger partial charge is 0.506 e. The number of rotatable bonds is 0. The Morgan fingerprint density at radius 1 is 0.933 bits per heavy atom. The molecule has 0 amide bonds. The number of aromatic amines is 1. The summed E-state index contributed by atoms with van der Waals surface area (Å²) in [6, 6.07) is 11.2. The molecule has 0 aliphatic heterocycles. The van der Waals surface area contributed by atoms with Gasteiger partial charge < -0.3 is 15.8 Å². The highest BCUT2D eigenvalue weighted by Gasteiger charge is 2.08. The summed E-state index contributed by atoms with van der Waals surface area (Å²) < 4.78 is 0. The van der Waals surface area contributed by atoms with Crippen LogP contribution in [-0.4, -0.2) is 10.1 Å². The van der Waals surface area contributed by atoms with Gasteiger partial charge in [-0.3, -0.25) is 0 Å². The average Bonchev–Trinajstić information content (AvgIpc) is 2.60. The third kappa shape index (κ3) is 1.00. The number of nitrogen functional groups attached to an aromatic ring is 1. The van der Waals surface area contributed by atoms with Crippen molar-refractivity contribution in [1.29, 1.82) is 0 Å². The predicted molar refractivity (Wildman–Crippen MR) is 61.9 cm³/mol. The molecular formula is C12H10N2O. The lowest BCUT2D eigenvalue weighted by molar-refractivity contribution is 0.480. The lowest BCUT2D eigenvalue weighted by Gasteiger charge is -1.93. The predicted octanol–water partition coefficient (Wildman–Crippen LogP) is 2.61. The highest BCUT2D eigenvalue weighted by atomic mass is 16.3. The summed E-state index contributed by atoms with van der Waals surface area (Å²) in [5, 5.41) is 11.7. The Kier molecular flexibility index (Phi) is 1.45. The van der Waals surface area contributed by atoms with Crippen LogP contribution in [0.15, 0.2) is 36.4 Å². The van der Waals surface area contributed by atoms with Crippen molar-refractivity contribution in [1.82, 2.24) is 4.98 Å². The Hall–Kier alpha value is -2.16. The minimum absolute atomic E-state index is 0.253. The number of nitrogens with one attached hydrogen (secondary N) is 1. The fourth-order valence-electron chi connectivity index (χ4n) is 1.96. The van der Waals surface area contributed by atoms with Crippen LogP contribution in [0.1, 0.15) is 0 Å². The van der Waals surface area contributed by atoms with Crippen LogP contribution in [0.2, 0.25) is 0 Å². The Bertz CT molecular complexity index is 599. The average molecular weight is 198 g/mol. The lowest BCUT2D eigenvalue weighted by atomic mass is 10.1. The summed E-state index contributed by atoms with van der Waals surface area (Å²) in [7, 11) is 0. The van der Waals surface area contributed by atoms with E-state index in [-0.39, 0.29) is 5.75 Å². The van der Waals surface area contributed by atoms with Gasteiger partial charge in [-0.15, -0.1) is 0 Å². The van der Waals surface area contributed by atoms with Gasteiger partial charge in [0.05, 0.1) is 16.7 Å². The van der Waals surface area contributed by atoms with Crippen LogP contribution >= 0.6 is 0 Å². The van der Waals surface area contributed by atoms with Gasteiger partial charge in [-0.2, -0.15) is 0 Å². The highest BCUT2D eigenvalue weighted by molar-refractivity contribution is 6.12. The van der Waals surface area contributed by atoms with Crippen LogP contribution < -0.4 is 5.73 Å². The first-order valence-electron chi connectivity index (χ1n) is 4.75. The lowest BCUT2D eigenvalue weighted by Crippen LogP contribution is -1.84. The van der Waals surface area contributed by atoms with E-state index in [1.165, 1.54) is 0 Å². The van der Waals surface area contributed by atoms with Gasteiger partial charge in [0, 0.05) is 10.8 Å². The van der Waals surface area contributed by atoms with Gasteiger partial charge in [-0.1, -0.05) is 24.3 Å². The smallest absolute Gasteiger partial charge is 0.139 e. The van der Waals surface area contributed by atoms with Crippen LogP contribution in [0.3, 0.4) is 0 Å². The molecule has 0 atom stereocenters. The van der Waals surface area contributed by atoms with E-state index in [1.54, 1.807) is 6.07 Å². The van der Waals surface area contributed by atoms with E-state index in [2.05, 4.69) is 4.98 Å². The molecule has 3 heteroatoms. The first-order chi connectivity index (χ1) is 7.27. The monoisotopic (exact) mass is 198 g/mol. The third-order valence-electron chi connectivity index (χ3n) is 2.68. The maximum Gasteiger partial charge on any atom is 0.139 e. The van der Waals surface area contributed by atoms with Crippen molar-refractivity contribution in [3.8, 4) is 5.75 Å². The molecule has 0 unspecified atom stereocenters. The highest BCUT2D eigenvalue weighted by Crippen LogP contribution is 2.32. The molecule has 0 radical (unpaired) electrons. The first-order valence-corrected chi connectivity index (χ1v) is 4.75. The topological polar surface area (TPSA) is 62.0 Å². The maximum atomic E-state index is 9.69. The Labute approximate surface area is 86.1 Å². The van der Waals surface area contributed by atoms with E-state index in [0.29, 0.717) is 5.69 Å². The number of phenols is 1. The summed E-state index contributed by atoms with van der Waals surface area (Å²) in [6.45, 7) is 0. The molecule has 0 bridgehead atoms. The molecule has 1 heterocycles. The quantitative estimate of drug-likeness (QED) is 0.486. The Morgan fingerprint density at radius 3 is 2.40 bits per heavy atom. The first kappa shape index (κ1) is 8.17. The second-order valence-electron chi connectivity index (χ2n) is 3.59. The van der Waals surface area contributed by atoms with E-state index in [4.69, 9.17) is 5.73 Å². The number of aromatic hydroxyl groups is 1.